The van der Waals surface area contributed by atoms with Crippen molar-refractivity contribution in [3.8, 4) is 0 Å². The molecule has 0 heterocycles. The molecule has 5 nitrogen and oxygen atoms in total. The third kappa shape index (κ3) is 5.35. The molecular formula is C6H10O5. The van der Waals surface area contributed by atoms with Crippen molar-refractivity contribution < 1.29 is 24.2 Å². The maximum atomic E-state index is 10.5. The summed E-state index contributed by atoms with van der Waals surface area (Å²) >= 11 is 0. The Labute approximate surface area is 63.9 Å². The summed E-state index contributed by atoms with van der Waals surface area (Å²) in [5, 5.41) is 8.57. The molecule has 0 aromatic rings. The Kier molecular flexibility index (Phi) is 4.21. The number of rotatable bonds is 3. The molecule has 5 heteroatoms. The molecule has 11 heavy (non-hydrogen) atoms. The van der Waals surface area contributed by atoms with Crippen LogP contribution in [0, 0.1) is 0 Å². The van der Waals surface area contributed by atoms with Crippen LogP contribution >= 0.6 is 0 Å². The first-order chi connectivity index (χ1) is 5.04. The van der Waals surface area contributed by atoms with Crippen LogP contribution in [-0.4, -0.2) is 29.9 Å². The summed E-state index contributed by atoms with van der Waals surface area (Å²) in [5.41, 5.74) is 0. The number of hydrogen-bond donors (Lipinski definition) is 1. The van der Waals surface area contributed by atoms with Gasteiger partial charge in [-0.15, -0.1) is 0 Å². The van der Waals surface area contributed by atoms with Crippen LogP contribution in [0.4, 0.5) is 0 Å². The van der Waals surface area contributed by atoms with E-state index in [1.807, 2.05) is 0 Å². The Hall–Kier alpha value is -1.10. The molecule has 0 bridgehead atoms. The van der Waals surface area contributed by atoms with Gasteiger partial charge in [0, 0.05) is 6.92 Å². The van der Waals surface area contributed by atoms with E-state index in [0.29, 0.717) is 0 Å². The van der Waals surface area contributed by atoms with E-state index in [0.717, 1.165) is 0 Å². The topological polar surface area (TPSA) is 72.8 Å². The molecule has 1 atom stereocenters. The van der Waals surface area contributed by atoms with Gasteiger partial charge in [-0.3, -0.25) is 4.79 Å². The first kappa shape index (κ1) is 9.90. The van der Waals surface area contributed by atoms with Gasteiger partial charge in [-0.1, -0.05) is 0 Å². The third-order valence-electron chi connectivity index (χ3n) is 0.804. The number of hydrogen-bond acceptors (Lipinski definition) is 5. The molecule has 0 spiro atoms. The summed E-state index contributed by atoms with van der Waals surface area (Å²) in [7, 11) is 0. The summed E-state index contributed by atoms with van der Waals surface area (Å²) in [4.78, 5) is 20.6. The zero-order valence-corrected chi connectivity index (χ0v) is 6.36. The molecule has 0 aliphatic heterocycles. The van der Waals surface area contributed by atoms with E-state index in [9.17, 15) is 9.59 Å². The molecule has 0 aliphatic carbocycles. The molecular weight excluding hydrogens is 152 g/mol. The minimum absolute atomic E-state index is 0.445. The fourth-order valence-corrected chi connectivity index (χ4v) is 0.291. The first-order valence-corrected chi connectivity index (χ1v) is 3.02. The molecule has 0 aromatic carbocycles. The van der Waals surface area contributed by atoms with E-state index in [1.54, 1.807) is 0 Å². The average molecular weight is 162 g/mol. The van der Waals surface area contributed by atoms with Crippen LogP contribution in [-0.2, 0) is 19.1 Å². The van der Waals surface area contributed by atoms with E-state index in [-0.39, 0.29) is 0 Å². The van der Waals surface area contributed by atoms with Crippen LogP contribution in [0.2, 0.25) is 0 Å². The van der Waals surface area contributed by atoms with Gasteiger partial charge in [-0.25, -0.2) is 4.79 Å². The lowest BCUT2D eigenvalue weighted by molar-refractivity contribution is -0.171. The summed E-state index contributed by atoms with van der Waals surface area (Å²) in [6.07, 6.45) is -1.19. The Morgan fingerprint density at radius 2 is 2.00 bits per heavy atom. The van der Waals surface area contributed by atoms with Gasteiger partial charge >= 0.3 is 11.9 Å². The predicted octanol–water partition coefficient (Wildman–Crippen LogP) is -0.569. The summed E-state index contributed by atoms with van der Waals surface area (Å²) in [5.74, 6) is -1.35. The quantitative estimate of drug-likeness (QED) is 0.444. The zero-order valence-electron chi connectivity index (χ0n) is 6.36. The molecule has 0 aromatic heterocycles. The smallest absolute Gasteiger partial charge is 0.337 e. The van der Waals surface area contributed by atoms with Crippen LogP contribution in [0.25, 0.3) is 0 Å². The molecule has 1 unspecified atom stereocenters. The van der Waals surface area contributed by atoms with Crippen molar-refractivity contribution in [3.63, 3.8) is 0 Å². The van der Waals surface area contributed by atoms with Gasteiger partial charge in [0.1, 0.15) is 6.10 Å². The second-order valence-electron chi connectivity index (χ2n) is 1.89. The second-order valence-corrected chi connectivity index (χ2v) is 1.89. The largest absolute Gasteiger partial charge is 0.428 e. The van der Waals surface area contributed by atoms with Gasteiger partial charge in [0.05, 0.1) is 0 Å². The van der Waals surface area contributed by atoms with Crippen molar-refractivity contribution in [1.82, 2.24) is 0 Å². The Balaban J connectivity index is 3.39. The fraction of sp³-hybridized carbons (Fsp3) is 0.667. The van der Waals surface area contributed by atoms with Crippen LogP contribution in [0.1, 0.15) is 13.8 Å². The molecule has 0 saturated carbocycles. The van der Waals surface area contributed by atoms with Crippen molar-refractivity contribution in [2.75, 3.05) is 6.79 Å². The van der Waals surface area contributed by atoms with Gasteiger partial charge in [-0.2, -0.15) is 0 Å². The van der Waals surface area contributed by atoms with Crippen molar-refractivity contribution in [1.29, 1.82) is 0 Å². The lowest BCUT2D eigenvalue weighted by Crippen LogP contribution is -2.21. The molecule has 0 saturated heterocycles. The number of carbonyl (C=O) groups is 2. The maximum Gasteiger partial charge on any atom is 0.337 e. The molecule has 64 valence electrons. The molecule has 1 N–H and O–H groups in total. The van der Waals surface area contributed by atoms with Crippen LogP contribution < -0.4 is 0 Å². The Bertz CT molecular complexity index is 151. The highest BCUT2D eigenvalue weighted by molar-refractivity contribution is 5.73. The number of esters is 2. The van der Waals surface area contributed by atoms with E-state index in [2.05, 4.69) is 9.47 Å². The normalized spacial score (nSPS) is 11.9. The van der Waals surface area contributed by atoms with Crippen LogP contribution in [0.3, 0.4) is 0 Å². The highest BCUT2D eigenvalue weighted by Crippen LogP contribution is 1.87. The second kappa shape index (κ2) is 4.68. The SMILES string of the molecule is CC(=O)OCOC(=O)C(C)O. The van der Waals surface area contributed by atoms with E-state index >= 15 is 0 Å². The predicted molar refractivity (Wildman–Crippen MR) is 34.4 cm³/mol. The van der Waals surface area contributed by atoms with Gasteiger partial charge in [0.2, 0.25) is 6.79 Å². The minimum atomic E-state index is -1.19. The van der Waals surface area contributed by atoms with Crippen LogP contribution in [0.5, 0.6) is 0 Å². The Morgan fingerprint density at radius 3 is 2.36 bits per heavy atom. The lowest BCUT2D eigenvalue weighted by Gasteiger charge is -2.05. The zero-order chi connectivity index (χ0) is 8.85. The molecule has 0 rings (SSSR count). The summed E-state index contributed by atoms with van der Waals surface area (Å²) in [6.45, 7) is 2.01. The lowest BCUT2D eigenvalue weighted by atomic mass is 10.4. The Morgan fingerprint density at radius 1 is 1.45 bits per heavy atom. The van der Waals surface area contributed by atoms with Crippen molar-refractivity contribution in [3.05, 3.63) is 0 Å². The van der Waals surface area contributed by atoms with Gasteiger partial charge in [0.15, 0.2) is 0 Å². The van der Waals surface area contributed by atoms with Crippen molar-refractivity contribution in [2.24, 2.45) is 0 Å². The monoisotopic (exact) mass is 162 g/mol. The summed E-state index contributed by atoms with van der Waals surface area (Å²) < 4.78 is 8.55. The molecule has 0 fully saturated rings. The number of ether oxygens (including phenoxy) is 2. The molecule has 0 aliphatic rings. The van der Waals surface area contributed by atoms with Gasteiger partial charge in [-0.05, 0) is 6.92 Å². The number of aliphatic hydroxyl groups is 1. The van der Waals surface area contributed by atoms with E-state index < -0.39 is 24.8 Å². The van der Waals surface area contributed by atoms with Crippen molar-refractivity contribution in [2.45, 2.75) is 20.0 Å². The number of aliphatic hydroxyl groups excluding tert-OH is 1. The van der Waals surface area contributed by atoms with Crippen molar-refractivity contribution >= 4 is 11.9 Å². The molecule has 0 radical (unpaired) electrons. The summed E-state index contributed by atoms with van der Waals surface area (Å²) in [6, 6.07) is 0. The fourth-order valence-electron chi connectivity index (χ4n) is 0.291. The first-order valence-electron chi connectivity index (χ1n) is 3.02. The minimum Gasteiger partial charge on any atom is -0.428 e. The highest BCUT2D eigenvalue weighted by atomic mass is 16.7. The third-order valence-corrected chi connectivity index (χ3v) is 0.804. The molecule has 0 amide bonds. The van der Waals surface area contributed by atoms with E-state index in [4.69, 9.17) is 5.11 Å². The van der Waals surface area contributed by atoms with Gasteiger partial charge < -0.3 is 14.6 Å². The van der Waals surface area contributed by atoms with Crippen LogP contribution in [0.15, 0.2) is 0 Å². The highest BCUT2D eigenvalue weighted by Gasteiger charge is 2.09. The van der Waals surface area contributed by atoms with E-state index in [1.165, 1.54) is 13.8 Å². The number of carbonyl (C=O) groups excluding carboxylic acids is 2. The van der Waals surface area contributed by atoms with Gasteiger partial charge in [0.25, 0.3) is 0 Å². The standard InChI is InChI=1S/C6H10O5/c1-4(7)6(9)11-3-10-5(2)8/h4,7H,3H2,1-2H3. The maximum absolute atomic E-state index is 10.5. The average Bonchev–Trinajstić information content (AvgIpc) is 1.86.